The smallest absolute Gasteiger partial charge is 0.399 e. The number of hydrogen-bond acceptors (Lipinski definition) is 7. The molecule has 0 aliphatic heterocycles. The summed E-state index contributed by atoms with van der Waals surface area (Å²) in [5.41, 5.74) is 0.00371. The zero-order valence-electron chi connectivity index (χ0n) is 26.0. The molecule has 0 bridgehead atoms. The molecule has 0 amide bonds. The fourth-order valence-corrected chi connectivity index (χ4v) is 6.34. The topological polar surface area (TPSA) is 117 Å². The van der Waals surface area contributed by atoms with Crippen LogP contribution < -0.4 is 15.2 Å². The summed E-state index contributed by atoms with van der Waals surface area (Å²) < 4.78 is 100. The van der Waals surface area contributed by atoms with Gasteiger partial charge in [-0.25, -0.2) is 47.7 Å². The molecule has 2 aliphatic carbocycles. The molecular formula is C36H13F7N8O. The first-order valence-electron chi connectivity index (χ1n) is 14.7. The van der Waals surface area contributed by atoms with Crippen LogP contribution in [-0.4, -0.2) is 26.3 Å². The van der Waals surface area contributed by atoms with Crippen LogP contribution in [0.3, 0.4) is 0 Å². The largest absolute Gasteiger partial charge is 0.573 e. The minimum atomic E-state index is -5.38. The van der Waals surface area contributed by atoms with E-state index in [1.807, 2.05) is 12.1 Å². The summed E-state index contributed by atoms with van der Waals surface area (Å²) in [5, 5.41) is 20.4. The van der Waals surface area contributed by atoms with Gasteiger partial charge in [-0.1, -0.05) is 0 Å². The number of ether oxygens (including phenoxy) is 1. The highest BCUT2D eigenvalue weighted by Gasteiger charge is 2.36. The molecule has 0 saturated heterocycles. The van der Waals surface area contributed by atoms with Crippen molar-refractivity contribution in [2.45, 2.75) is 26.1 Å². The van der Waals surface area contributed by atoms with E-state index in [9.17, 15) is 41.3 Å². The number of nitriles is 2. The zero-order valence-corrected chi connectivity index (χ0v) is 26.0. The second kappa shape index (κ2) is 12.0. The highest BCUT2D eigenvalue weighted by Crippen LogP contribution is 2.40. The Balaban J connectivity index is 1.52. The SMILES string of the molecule is [C-]#[N+]/C(C#N)=c1/c2c(/c(=C(\C#N)[N+]#[C-])c3c1-c1nc(-c4cc(F)c(C)c(F)c4)cnc1C3)-c1nc(-c3cc(F)c(OC(F)(F)F)c(F)c3)cnc1C2. The van der Waals surface area contributed by atoms with Crippen molar-refractivity contribution in [3.05, 3.63) is 121 Å². The van der Waals surface area contributed by atoms with Gasteiger partial charge in [-0.3, -0.25) is 9.97 Å². The van der Waals surface area contributed by atoms with Gasteiger partial charge in [-0.2, -0.15) is 0 Å². The minimum absolute atomic E-state index is 0.0184. The number of hydrogen-bond donors (Lipinski definition) is 0. The molecule has 52 heavy (non-hydrogen) atoms. The molecule has 2 aliphatic rings. The van der Waals surface area contributed by atoms with Gasteiger partial charge in [0.25, 0.3) is 11.4 Å². The van der Waals surface area contributed by atoms with E-state index < -0.39 is 46.8 Å². The van der Waals surface area contributed by atoms with Crippen LogP contribution in [0, 0.1) is 66.0 Å². The number of rotatable bonds is 3. The summed E-state index contributed by atoms with van der Waals surface area (Å²) in [6.45, 7) is 16.9. The third kappa shape index (κ3) is 5.22. The second-order valence-corrected chi connectivity index (χ2v) is 11.4. The van der Waals surface area contributed by atoms with Crippen molar-refractivity contribution in [2.24, 2.45) is 0 Å². The van der Waals surface area contributed by atoms with Gasteiger partial charge < -0.3 is 4.74 Å². The average Bonchev–Trinajstić information content (AvgIpc) is 3.67. The second-order valence-electron chi connectivity index (χ2n) is 11.4. The van der Waals surface area contributed by atoms with Crippen molar-refractivity contribution in [1.29, 1.82) is 10.5 Å². The number of fused-ring (bicyclic) bond motifs is 6. The molecule has 0 unspecified atom stereocenters. The normalized spacial score (nSPS) is 13.4. The fourth-order valence-electron chi connectivity index (χ4n) is 6.34. The predicted molar refractivity (Wildman–Crippen MR) is 167 cm³/mol. The lowest BCUT2D eigenvalue weighted by Crippen LogP contribution is -2.26. The summed E-state index contributed by atoms with van der Waals surface area (Å²) in [6.07, 6.45) is -3.16. The Morgan fingerprint density at radius 1 is 0.731 bits per heavy atom. The van der Waals surface area contributed by atoms with Gasteiger partial charge in [0, 0.05) is 51.1 Å². The van der Waals surface area contributed by atoms with Crippen LogP contribution in [0.4, 0.5) is 30.7 Å². The molecule has 0 N–H and O–H groups in total. The third-order valence-corrected chi connectivity index (χ3v) is 8.56. The summed E-state index contributed by atoms with van der Waals surface area (Å²) >= 11 is 0. The standard InChI is InChI=1S/C36H13F7N8O/c1-14-19(37)4-15(5-20(14)38)27-12-48-23-8-17-30(26(11-45)47-3)32-18(29(25(10-44)46-2)31(17)33(23)50-27)9-24-34(32)51-28(13-49-24)16-6-21(39)35(22(40)7-16)52-36(41,42)43/h4-7,12-13H,8-9H2,1H3/b29-25-,30-26+. The molecule has 3 aromatic carbocycles. The Morgan fingerprint density at radius 3 is 1.50 bits per heavy atom. The molecule has 16 heteroatoms. The Labute approximate surface area is 287 Å². The fraction of sp³-hybridized carbons (Fsp3) is 0.111. The third-order valence-electron chi connectivity index (χ3n) is 8.56. The van der Waals surface area contributed by atoms with E-state index in [1.165, 1.54) is 13.1 Å². The Bertz CT molecular complexity index is 2690. The quantitative estimate of drug-likeness (QED) is 0.150. The predicted octanol–water partition coefficient (Wildman–Crippen LogP) is 6.61. The van der Waals surface area contributed by atoms with Crippen LogP contribution in [0.2, 0.25) is 0 Å². The lowest BCUT2D eigenvalue weighted by molar-refractivity contribution is -0.276. The molecule has 2 aromatic heterocycles. The monoisotopic (exact) mass is 706 g/mol. The van der Waals surface area contributed by atoms with E-state index >= 15 is 0 Å². The first-order chi connectivity index (χ1) is 24.8. The van der Waals surface area contributed by atoms with E-state index in [2.05, 4.69) is 34.4 Å². The Hall–Kier alpha value is -7.17. The molecule has 0 spiro atoms. The summed E-state index contributed by atoms with van der Waals surface area (Å²) in [7, 11) is 0. The van der Waals surface area contributed by atoms with Crippen molar-refractivity contribution in [3.8, 4) is 62.9 Å². The molecule has 0 saturated carbocycles. The highest BCUT2D eigenvalue weighted by atomic mass is 19.4. The van der Waals surface area contributed by atoms with Crippen LogP contribution in [0.5, 0.6) is 5.75 Å². The van der Waals surface area contributed by atoms with E-state index in [0.717, 1.165) is 18.3 Å². The van der Waals surface area contributed by atoms with Crippen molar-refractivity contribution in [1.82, 2.24) is 19.9 Å². The highest BCUT2D eigenvalue weighted by molar-refractivity contribution is 5.91. The number of nitrogens with zero attached hydrogens (tertiary/aromatic N) is 8. The van der Waals surface area contributed by atoms with E-state index in [-0.39, 0.29) is 90.7 Å². The van der Waals surface area contributed by atoms with Gasteiger partial charge >= 0.3 is 6.36 Å². The minimum Gasteiger partial charge on any atom is -0.399 e. The molecule has 9 nitrogen and oxygen atoms in total. The van der Waals surface area contributed by atoms with Gasteiger partial charge in [-0.15, -0.1) is 13.2 Å². The number of aromatic nitrogens is 4. The maximum Gasteiger partial charge on any atom is 0.573 e. The molecular weight excluding hydrogens is 693 g/mol. The first-order valence-corrected chi connectivity index (χ1v) is 14.7. The Kier molecular flexibility index (Phi) is 7.70. The van der Waals surface area contributed by atoms with Gasteiger partial charge in [0.1, 0.15) is 11.6 Å². The van der Waals surface area contributed by atoms with Crippen LogP contribution in [-0.2, 0) is 12.8 Å². The lowest BCUT2D eigenvalue weighted by atomic mass is 9.92. The molecule has 2 heterocycles. The summed E-state index contributed by atoms with van der Waals surface area (Å²) in [6, 6.07) is 7.00. The van der Waals surface area contributed by atoms with Crippen molar-refractivity contribution in [3.63, 3.8) is 0 Å². The van der Waals surface area contributed by atoms with Crippen LogP contribution in [0.1, 0.15) is 28.1 Å². The summed E-state index contributed by atoms with van der Waals surface area (Å²) in [4.78, 5) is 24.8. The van der Waals surface area contributed by atoms with Crippen LogP contribution in [0.25, 0.3) is 66.1 Å². The Morgan fingerprint density at radius 2 is 1.13 bits per heavy atom. The van der Waals surface area contributed by atoms with Gasteiger partial charge in [0.05, 0.1) is 71.8 Å². The van der Waals surface area contributed by atoms with E-state index in [0.29, 0.717) is 17.8 Å². The number of benzene rings is 3. The molecule has 7 rings (SSSR count). The maximum atomic E-state index is 14.7. The van der Waals surface area contributed by atoms with Crippen molar-refractivity contribution < 1.29 is 35.5 Å². The number of halogens is 7. The van der Waals surface area contributed by atoms with Crippen LogP contribution in [0.15, 0.2) is 36.7 Å². The van der Waals surface area contributed by atoms with Gasteiger partial charge in [-0.05, 0) is 42.3 Å². The van der Waals surface area contributed by atoms with Crippen molar-refractivity contribution >= 4 is 11.4 Å². The molecule has 0 fully saturated rings. The molecule has 252 valence electrons. The van der Waals surface area contributed by atoms with Crippen LogP contribution >= 0.6 is 0 Å². The van der Waals surface area contributed by atoms with Gasteiger partial charge in [0.2, 0.25) is 5.75 Å². The van der Waals surface area contributed by atoms with Gasteiger partial charge in [0.15, 0.2) is 11.6 Å². The molecule has 0 atom stereocenters. The van der Waals surface area contributed by atoms with E-state index in [4.69, 9.17) is 13.1 Å². The van der Waals surface area contributed by atoms with Crippen molar-refractivity contribution in [2.75, 3.05) is 0 Å². The maximum absolute atomic E-state index is 14.7. The lowest BCUT2D eigenvalue weighted by Gasteiger charge is -2.13. The molecule has 5 aromatic rings. The zero-order chi connectivity index (χ0) is 37.2. The van der Waals surface area contributed by atoms with E-state index in [1.54, 1.807) is 0 Å². The summed E-state index contributed by atoms with van der Waals surface area (Å²) in [5.74, 6) is -6.69. The average molecular weight is 707 g/mol. The number of alkyl halides is 3. The molecule has 0 radical (unpaired) electrons. The first kappa shape index (κ1) is 33.3.